The summed E-state index contributed by atoms with van der Waals surface area (Å²) >= 11 is 0. The zero-order chi connectivity index (χ0) is 15.0. The SMILES string of the molecule is Cc1ccc(-c2nn(-c3ccc(F)cc3)cc2N)cc1C. The van der Waals surface area contributed by atoms with Crippen molar-refractivity contribution >= 4 is 5.69 Å². The van der Waals surface area contributed by atoms with Crippen LogP contribution in [-0.4, -0.2) is 9.78 Å². The number of hydrogen-bond donors (Lipinski definition) is 1. The van der Waals surface area contributed by atoms with Crippen LogP contribution in [0.25, 0.3) is 16.9 Å². The number of halogens is 1. The van der Waals surface area contributed by atoms with E-state index in [9.17, 15) is 4.39 Å². The quantitative estimate of drug-likeness (QED) is 0.774. The van der Waals surface area contributed by atoms with E-state index < -0.39 is 0 Å². The molecule has 0 radical (unpaired) electrons. The molecule has 0 saturated carbocycles. The first-order valence-corrected chi connectivity index (χ1v) is 6.73. The van der Waals surface area contributed by atoms with Crippen LogP contribution >= 0.6 is 0 Å². The summed E-state index contributed by atoms with van der Waals surface area (Å²) in [7, 11) is 0. The summed E-state index contributed by atoms with van der Waals surface area (Å²) in [5, 5.41) is 4.52. The number of aromatic nitrogens is 2. The Kier molecular flexibility index (Phi) is 3.22. The second-order valence-corrected chi connectivity index (χ2v) is 5.15. The van der Waals surface area contributed by atoms with Crippen LogP contribution in [0.4, 0.5) is 10.1 Å². The van der Waals surface area contributed by atoms with E-state index in [-0.39, 0.29) is 5.82 Å². The summed E-state index contributed by atoms with van der Waals surface area (Å²) in [6, 6.07) is 12.3. The van der Waals surface area contributed by atoms with Gasteiger partial charge in [0.15, 0.2) is 0 Å². The summed E-state index contributed by atoms with van der Waals surface area (Å²) < 4.78 is 14.6. The van der Waals surface area contributed by atoms with E-state index in [4.69, 9.17) is 5.73 Å². The van der Waals surface area contributed by atoms with Gasteiger partial charge in [-0.1, -0.05) is 12.1 Å². The Morgan fingerprint density at radius 1 is 1.00 bits per heavy atom. The molecule has 0 aliphatic heterocycles. The highest BCUT2D eigenvalue weighted by Gasteiger charge is 2.10. The summed E-state index contributed by atoms with van der Waals surface area (Å²) in [4.78, 5) is 0. The number of rotatable bonds is 2. The maximum atomic E-state index is 13.0. The molecule has 0 spiro atoms. The first kappa shape index (κ1) is 13.4. The van der Waals surface area contributed by atoms with E-state index >= 15 is 0 Å². The molecule has 3 nitrogen and oxygen atoms in total. The summed E-state index contributed by atoms with van der Waals surface area (Å²) in [5.41, 5.74) is 11.6. The van der Waals surface area contributed by atoms with E-state index in [0.29, 0.717) is 5.69 Å². The molecule has 106 valence electrons. The number of hydrogen-bond acceptors (Lipinski definition) is 2. The second kappa shape index (κ2) is 5.05. The maximum absolute atomic E-state index is 13.0. The summed E-state index contributed by atoms with van der Waals surface area (Å²) in [6.45, 7) is 4.13. The molecule has 3 aromatic rings. The third-order valence-electron chi connectivity index (χ3n) is 3.61. The first-order valence-electron chi connectivity index (χ1n) is 6.73. The Labute approximate surface area is 122 Å². The van der Waals surface area contributed by atoms with Gasteiger partial charge in [-0.3, -0.25) is 0 Å². The predicted molar refractivity (Wildman–Crippen MR) is 82.8 cm³/mol. The van der Waals surface area contributed by atoms with Crippen molar-refractivity contribution in [1.82, 2.24) is 9.78 Å². The van der Waals surface area contributed by atoms with Crippen LogP contribution in [0.3, 0.4) is 0 Å². The molecule has 4 heteroatoms. The van der Waals surface area contributed by atoms with Crippen molar-refractivity contribution in [2.75, 3.05) is 5.73 Å². The highest BCUT2D eigenvalue weighted by Crippen LogP contribution is 2.27. The van der Waals surface area contributed by atoms with E-state index in [1.807, 2.05) is 6.07 Å². The van der Waals surface area contributed by atoms with Gasteiger partial charge in [-0.15, -0.1) is 0 Å². The molecule has 0 aliphatic rings. The Morgan fingerprint density at radius 2 is 1.71 bits per heavy atom. The Morgan fingerprint density at radius 3 is 2.38 bits per heavy atom. The first-order chi connectivity index (χ1) is 10.0. The zero-order valence-electron chi connectivity index (χ0n) is 12.0. The number of aryl methyl sites for hydroxylation is 2. The van der Waals surface area contributed by atoms with E-state index in [2.05, 4.69) is 31.1 Å². The molecule has 1 aromatic heterocycles. The number of anilines is 1. The van der Waals surface area contributed by atoms with Gasteiger partial charge in [-0.25, -0.2) is 9.07 Å². The molecule has 2 N–H and O–H groups in total. The van der Waals surface area contributed by atoms with Gasteiger partial charge in [-0.05, 0) is 55.3 Å². The minimum atomic E-state index is -0.270. The van der Waals surface area contributed by atoms with E-state index in [1.165, 1.54) is 23.3 Å². The molecule has 0 amide bonds. The van der Waals surface area contributed by atoms with Gasteiger partial charge < -0.3 is 5.73 Å². The highest BCUT2D eigenvalue weighted by atomic mass is 19.1. The lowest BCUT2D eigenvalue weighted by Crippen LogP contribution is -1.95. The van der Waals surface area contributed by atoms with Gasteiger partial charge in [0.25, 0.3) is 0 Å². The Bertz CT molecular complexity index is 788. The van der Waals surface area contributed by atoms with Crippen molar-refractivity contribution in [3.8, 4) is 16.9 Å². The number of nitrogens with two attached hydrogens (primary N) is 1. The van der Waals surface area contributed by atoms with Crippen molar-refractivity contribution in [3.05, 3.63) is 65.6 Å². The predicted octanol–water partition coefficient (Wildman–Crippen LogP) is 3.88. The van der Waals surface area contributed by atoms with Crippen LogP contribution in [0.5, 0.6) is 0 Å². The van der Waals surface area contributed by atoms with Crippen LogP contribution in [0.15, 0.2) is 48.7 Å². The van der Waals surface area contributed by atoms with E-state index in [0.717, 1.165) is 16.9 Å². The molecular weight excluding hydrogens is 265 g/mol. The lowest BCUT2D eigenvalue weighted by molar-refractivity contribution is 0.627. The molecule has 0 fully saturated rings. The van der Waals surface area contributed by atoms with Crippen LogP contribution < -0.4 is 5.73 Å². The second-order valence-electron chi connectivity index (χ2n) is 5.15. The minimum Gasteiger partial charge on any atom is -0.396 e. The number of nitrogens with zero attached hydrogens (tertiary/aromatic N) is 2. The van der Waals surface area contributed by atoms with Crippen LogP contribution in [0.2, 0.25) is 0 Å². The summed E-state index contributed by atoms with van der Waals surface area (Å²) in [6.07, 6.45) is 1.75. The normalized spacial score (nSPS) is 10.8. The van der Waals surface area contributed by atoms with Crippen molar-refractivity contribution in [2.45, 2.75) is 13.8 Å². The van der Waals surface area contributed by atoms with Gasteiger partial charge in [0.1, 0.15) is 11.5 Å². The van der Waals surface area contributed by atoms with Crippen molar-refractivity contribution in [1.29, 1.82) is 0 Å². The van der Waals surface area contributed by atoms with Gasteiger partial charge in [0.2, 0.25) is 0 Å². The maximum Gasteiger partial charge on any atom is 0.123 e. The Balaban J connectivity index is 2.05. The average molecular weight is 281 g/mol. The molecule has 0 aliphatic carbocycles. The number of nitrogen functional groups attached to an aromatic ring is 1. The number of benzene rings is 2. The van der Waals surface area contributed by atoms with Gasteiger partial charge in [0, 0.05) is 5.56 Å². The van der Waals surface area contributed by atoms with Crippen LogP contribution in [0.1, 0.15) is 11.1 Å². The van der Waals surface area contributed by atoms with Crippen LogP contribution in [0, 0.1) is 19.7 Å². The molecule has 0 bridgehead atoms. The van der Waals surface area contributed by atoms with E-state index in [1.54, 1.807) is 23.0 Å². The molecule has 1 heterocycles. The third kappa shape index (κ3) is 2.52. The third-order valence-corrected chi connectivity index (χ3v) is 3.61. The average Bonchev–Trinajstić information content (AvgIpc) is 2.85. The van der Waals surface area contributed by atoms with Gasteiger partial charge >= 0.3 is 0 Å². The molecule has 21 heavy (non-hydrogen) atoms. The molecule has 0 unspecified atom stereocenters. The molecule has 2 aromatic carbocycles. The summed E-state index contributed by atoms with van der Waals surface area (Å²) in [5.74, 6) is -0.270. The largest absolute Gasteiger partial charge is 0.396 e. The fraction of sp³-hybridized carbons (Fsp3) is 0.118. The van der Waals surface area contributed by atoms with Gasteiger partial charge in [-0.2, -0.15) is 5.10 Å². The molecule has 0 saturated heterocycles. The lowest BCUT2D eigenvalue weighted by Gasteiger charge is -2.04. The zero-order valence-corrected chi connectivity index (χ0v) is 12.0. The molecule has 0 atom stereocenters. The molecular formula is C17H16FN3. The molecule has 3 rings (SSSR count). The minimum absolute atomic E-state index is 0.270. The fourth-order valence-corrected chi connectivity index (χ4v) is 2.23. The lowest BCUT2D eigenvalue weighted by atomic mass is 10.0. The van der Waals surface area contributed by atoms with Crippen molar-refractivity contribution in [2.24, 2.45) is 0 Å². The standard InChI is InChI=1S/C17H16FN3/c1-11-3-4-13(9-12(11)2)17-16(19)10-21(20-17)15-7-5-14(18)6-8-15/h3-10H,19H2,1-2H3. The monoisotopic (exact) mass is 281 g/mol. The highest BCUT2D eigenvalue weighted by molar-refractivity contribution is 5.73. The smallest absolute Gasteiger partial charge is 0.123 e. The van der Waals surface area contributed by atoms with Crippen molar-refractivity contribution < 1.29 is 4.39 Å². The fourth-order valence-electron chi connectivity index (χ4n) is 2.23. The Hall–Kier alpha value is -2.62. The van der Waals surface area contributed by atoms with Gasteiger partial charge in [0.05, 0.1) is 17.6 Å². The van der Waals surface area contributed by atoms with Crippen molar-refractivity contribution in [3.63, 3.8) is 0 Å². The van der Waals surface area contributed by atoms with Crippen LogP contribution in [-0.2, 0) is 0 Å². The topological polar surface area (TPSA) is 43.8 Å².